The molecule has 0 aromatic heterocycles. The van der Waals surface area contributed by atoms with Crippen LogP contribution in [0.4, 0.5) is 0 Å². The first-order chi connectivity index (χ1) is 8.43. The molecule has 0 aliphatic heterocycles. The molecular formula is C16H33B. The molecule has 1 aliphatic carbocycles. The van der Waals surface area contributed by atoms with Gasteiger partial charge in [-0.15, -0.1) is 0 Å². The van der Waals surface area contributed by atoms with Crippen LogP contribution in [0, 0.1) is 0 Å². The molecule has 0 radical (unpaired) electrons. The second-order valence-electron chi connectivity index (χ2n) is 6.12. The number of hydrogen-bond acceptors (Lipinski definition) is 0. The summed E-state index contributed by atoms with van der Waals surface area (Å²) < 4.78 is 0. The van der Waals surface area contributed by atoms with Crippen molar-refractivity contribution in [1.29, 1.82) is 0 Å². The first-order valence-corrected chi connectivity index (χ1v) is 8.43. The van der Waals surface area contributed by atoms with Gasteiger partial charge in [0.15, 0.2) is 0 Å². The topological polar surface area (TPSA) is 0 Å². The van der Waals surface area contributed by atoms with Gasteiger partial charge in [-0.1, -0.05) is 103 Å². The standard InChI is InChI=1S/C16H33B/c1-2-3-4-5-9-12-15-17-16-13-10-7-6-8-11-14-16/h16-17H,2-15H2,1H3. The summed E-state index contributed by atoms with van der Waals surface area (Å²) in [5, 5.41) is 0. The Labute approximate surface area is 110 Å². The van der Waals surface area contributed by atoms with E-state index in [-0.39, 0.29) is 0 Å². The van der Waals surface area contributed by atoms with E-state index in [0.717, 1.165) is 5.82 Å². The number of rotatable bonds is 8. The minimum atomic E-state index is 1.09. The van der Waals surface area contributed by atoms with Gasteiger partial charge in [-0.25, -0.2) is 0 Å². The molecular weight excluding hydrogens is 203 g/mol. The Morgan fingerprint density at radius 2 is 1.35 bits per heavy atom. The van der Waals surface area contributed by atoms with E-state index in [2.05, 4.69) is 6.92 Å². The van der Waals surface area contributed by atoms with Crippen molar-refractivity contribution in [2.75, 3.05) is 0 Å². The molecule has 0 amide bonds. The maximum Gasteiger partial charge on any atom is 0.124 e. The minimum Gasteiger partial charge on any atom is -0.0772 e. The second kappa shape index (κ2) is 11.2. The molecule has 0 N–H and O–H groups in total. The number of unbranched alkanes of at least 4 members (excludes halogenated alkanes) is 5. The Balaban J connectivity index is 1.90. The third kappa shape index (κ3) is 8.74. The Hall–Kier alpha value is 0.0649. The fourth-order valence-electron chi connectivity index (χ4n) is 3.22. The van der Waals surface area contributed by atoms with Gasteiger partial charge in [0.1, 0.15) is 7.28 Å². The van der Waals surface area contributed by atoms with Crippen LogP contribution < -0.4 is 0 Å². The van der Waals surface area contributed by atoms with Crippen molar-refractivity contribution in [3.8, 4) is 0 Å². The number of hydrogen-bond donors (Lipinski definition) is 0. The summed E-state index contributed by atoms with van der Waals surface area (Å²) in [5.41, 5.74) is 0. The van der Waals surface area contributed by atoms with E-state index in [1.807, 2.05) is 0 Å². The summed E-state index contributed by atoms with van der Waals surface area (Å²) in [6.45, 7) is 2.30. The van der Waals surface area contributed by atoms with Crippen molar-refractivity contribution in [2.45, 2.75) is 103 Å². The molecule has 1 saturated carbocycles. The van der Waals surface area contributed by atoms with E-state index in [9.17, 15) is 0 Å². The Kier molecular flexibility index (Phi) is 9.94. The van der Waals surface area contributed by atoms with Crippen molar-refractivity contribution in [3.63, 3.8) is 0 Å². The van der Waals surface area contributed by atoms with Crippen LogP contribution in [0.1, 0.15) is 90.4 Å². The largest absolute Gasteiger partial charge is 0.124 e. The van der Waals surface area contributed by atoms with Crippen LogP contribution in [0.5, 0.6) is 0 Å². The van der Waals surface area contributed by atoms with E-state index in [0.29, 0.717) is 0 Å². The Morgan fingerprint density at radius 1 is 0.765 bits per heavy atom. The summed E-state index contributed by atoms with van der Waals surface area (Å²) >= 11 is 0. The van der Waals surface area contributed by atoms with Gasteiger partial charge >= 0.3 is 0 Å². The Morgan fingerprint density at radius 3 is 2.06 bits per heavy atom. The van der Waals surface area contributed by atoms with Crippen molar-refractivity contribution in [3.05, 3.63) is 0 Å². The Bertz CT molecular complexity index is 148. The average Bonchev–Trinajstić information content (AvgIpc) is 2.30. The zero-order valence-corrected chi connectivity index (χ0v) is 12.2. The van der Waals surface area contributed by atoms with E-state index in [1.54, 1.807) is 0 Å². The van der Waals surface area contributed by atoms with Crippen LogP contribution in [-0.2, 0) is 0 Å². The van der Waals surface area contributed by atoms with Crippen molar-refractivity contribution in [2.24, 2.45) is 0 Å². The fourth-order valence-corrected chi connectivity index (χ4v) is 3.22. The average molecular weight is 236 g/mol. The highest BCUT2D eigenvalue weighted by molar-refractivity contribution is 6.37. The summed E-state index contributed by atoms with van der Waals surface area (Å²) in [6, 6.07) is 0. The SMILES string of the molecule is CCCCCCCCBC1CCCCCCC1. The van der Waals surface area contributed by atoms with Crippen LogP contribution in [0.25, 0.3) is 0 Å². The highest BCUT2D eigenvalue weighted by Gasteiger charge is 2.11. The highest BCUT2D eigenvalue weighted by Crippen LogP contribution is 2.27. The molecule has 1 fully saturated rings. The third-order valence-electron chi connectivity index (χ3n) is 4.44. The van der Waals surface area contributed by atoms with Gasteiger partial charge < -0.3 is 0 Å². The highest BCUT2D eigenvalue weighted by atomic mass is 14.1. The molecule has 0 bridgehead atoms. The predicted octanol–water partition coefficient (Wildman–Crippen LogP) is 5.73. The molecule has 0 atom stereocenters. The second-order valence-corrected chi connectivity index (χ2v) is 6.12. The molecule has 0 nitrogen and oxygen atoms in total. The zero-order chi connectivity index (χ0) is 12.2. The van der Waals surface area contributed by atoms with Crippen LogP contribution >= 0.6 is 0 Å². The van der Waals surface area contributed by atoms with Gasteiger partial charge in [0.2, 0.25) is 0 Å². The predicted molar refractivity (Wildman–Crippen MR) is 81.4 cm³/mol. The van der Waals surface area contributed by atoms with Gasteiger partial charge in [-0.3, -0.25) is 0 Å². The van der Waals surface area contributed by atoms with Crippen molar-refractivity contribution in [1.82, 2.24) is 0 Å². The first-order valence-electron chi connectivity index (χ1n) is 8.43. The van der Waals surface area contributed by atoms with Crippen LogP contribution in [0.2, 0.25) is 12.1 Å². The van der Waals surface area contributed by atoms with E-state index in [4.69, 9.17) is 0 Å². The molecule has 0 aromatic rings. The van der Waals surface area contributed by atoms with Gasteiger partial charge in [-0.2, -0.15) is 0 Å². The summed E-state index contributed by atoms with van der Waals surface area (Å²) in [6.07, 6.45) is 20.9. The fraction of sp³-hybridized carbons (Fsp3) is 1.00. The lowest BCUT2D eigenvalue weighted by Crippen LogP contribution is -2.06. The molecule has 100 valence electrons. The van der Waals surface area contributed by atoms with E-state index >= 15 is 0 Å². The van der Waals surface area contributed by atoms with Crippen LogP contribution in [-0.4, -0.2) is 7.28 Å². The first kappa shape index (κ1) is 15.1. The molecule has 0 saturated heterocycles. The van der Waals surface area contributed by atoms with Gasteiger partial charge in [0.05, 0.1) is 0 Å². The third-order valence-corrected chi connectivity index (χ3v) is 4.44. The van der Waals surface area contributed by atoms with Crippen LogP contribution in [0.15, 0.2) is 0 Å². The molecule has 0 spiro atoms. The smallest absolute Gasteiger partial charge is 0.0772 e. The maximum absolute atomic E-state index is 2.30. The maximum atomic E-state index is 2.30. The van der Waals surface area contributed by atoms with E-state index < -0.39 is 0 Å². The monoisotopic (exact) mass is 236 g/mol. The lowest BCUT2D eigenvalue weighted by molar-refractivity contribution is 0.500. The normalized spacial score (nSPS) is 18.6. The van der Waals surface area contributed by atoms with Gasteiger partial charge in [0.25, 0.3) is 0 Å². The van der Waals surface area contributed by atoms with Crippen molar-refractivity contribution >= 4 is 7.28 Å². The molecule has 1 heteroatoms. The zero-order valence-electron chi connectivity index (χ0n) is 12.2. The summed E-state index contributed by atoms with van der Waals surface area (Å²) in [5.74, 6) is 1.09. The molecule has 1 aliphatic rings. The quantitative estimate of drug-likeness (QED) is 0.372. The molecule has 17 heavy (non-hydrogen) atoms. The van der Waals surface area contributed by atoms with Crippen molar-refractivity contribution < 1.29 is 0 Å². The molecule has 0 unspecified atom stereocenters. The van der Waals surface area contributed by atoms with Gasteiger partial charge in [0, 0.05) is 0 Å². The lowest BCUT2D eigenvalue weighted by atomic mass is 9.57. The summed E-state index contributed by atoms with van der Waals surface area (Å²) in [4.78, 5) is 0. The molecule has 0 aromatic carbocycles. The summed E-state index contributed by atoms with van der Waals surface area (Å²) in [7, 11) is 1.54. The minimum absolute atomic E-state index is 1.09. The molecule has 1 rings (SSSR count). The van der Waals surface area contributed by atoms with Crippen LogP contribution in [0.3, 0.4) is 0 Å². The lowest BCUT2D eigenvalue weighted by Gasteiger charge is -2.18. The van der Waals surface area contributed by atoms with E-state index in [1.165, 1.54) is 97.1 Å². The molecule has 0 heterocycles. The van der Waals surface area contributed by atoms with Gasteiger partial charge in [-0.05, 0) is 0 Å².